The van der Waals surface area contributed by atoms with Crippen molar-refractivity contribution in [3.05, 3.63) is 78.0 Å². The van der Waals surface area contributed by atoms with Crippen LogP contribution in [0, 0.1) is 0 Å². The number of H-pyrrole nitrogens is 1. The van der Waals surface area contributed by atoms with E-state index < -0.39 is 24.6 Å². The lowest BCUT2D eigenvalue weighted by molar-refractivity contribution is -0.136. The van der Waals surface area contributed by atoms with E-state index in [0.717, 1.165) is 22.0 Å². The highest BCUT2D eigenvalue weighted by Gasteiger charge is 2.28. The van der Waals surface area contributed by atoms with Crippen LogP contribution in [0.15, 0.2) is 66.9 Å². The van der Waals surface area contributed by atoms with E-state index in [2.05, 4.69) is 10.3 Å². The number of aliphatic hydroxyl groups is 1. The van der Waals surface area contributed by atoms with Crippen molar-refractivity contribution in [2.45, 2.75) is 19.1 Å². The molecule has 4 rings (SSSR count). The minimum Gasteiger partial charge on any atom is -0.445 e. The number of ether oxygens (including phenoxy) is 1. The van der Waals surface area contributed by atoms with Crippen LogP contribution < -0.4 is 5.32 Å². The average molecular weight is 491 g/mol. The van der Waals surface area contributed by atoms with Crippen molar-refractivity contribution in [1.29, 1.82) is 0 Å². The third kappa shape index (κ3) is 6.31. The molecule has 3 N–H and O–H groups in total. The van der Waals surface area contributed by atoms with Crippen molar-refractivity contribution >= 4 is 34.9 Å². The molecular weight excluding hydrogens is 460 g/mol. The van der Waals surface area contributed by atoms with Gasteiger partial charge in [0.05, 0.1) is 6.61 Å². The Morgan fingerprint density at radius 2 is 1.72 bits per heavy atom. The number of amides is 3. The normalized spacial score (nSPS) is 15.0. The molecule has 0 aliphatic carbocycles. The zero-order valence-corrected chi connectivity index (χ0v) is 19.9. The molecule has 0 radical (unpaired) electrons. The highest BCUT2D eigenvalue weighted by Crippen LogP contribution is 2.18. The van der Waals surface area contributed by atoms with Crippen molar-refractivity contribution in [2.24, 2.45) is 0 Å². The van der Waals surface area contributed by atoms with E-state index in [1.165, 1.54) is 6.08 Å². The van der Waals surface area contributed by atoms with Crippen molar-refractivity contribution < 1.29 is 24.2 Å². The monoisotopic (exact) mass is 490 g/mol. The molecule has 0 unspecified atom stereocenters. The fourth-order valence-electron chi connectivity index (χ4n) is 4.15. The number of hydrogen-bond acceptors (Lipinski definition) is 5. The smallest absolute Gasteiger partial charge is 0.410 e. The number of nitrogens with zero attached hydrogens (tertiary/aromatic N) is 2. The maximum atomic E-state index is 13.0. The van der Waals surface area contributed by atoms with E-state index >= 15 is 0 Å². The lowest BCUT2D eigenvalue weighted by atomic mass is 10.1. The first kappa shape index (κ1) is 25.0. The highest BCUT2D eigenvalue weighted by atomic mass is 16.6. The number of para-hydroxylation sites is 1. The summed E-state index contributed by atoms with van der Waals surface area (Å²) in [4.78, 5) is 44.2. The maximum Gasteiger partial charge on any atom is 0.410 e. The third-order valence-corrected chi connectivity index (χ3v) is 6.10. The summed E-state index contributed by atoms with van der Waals surface area (Å²) in [7, 11) is 0. The van der Waals surface area contributed by atoms with Gasteiger partial charge in [0.15, 0.2) is 0 Å². The molecule has 1 atom stereocenters. The summed E-state index contributed by atoms with van der Waals surface area (Å²) in [5.74, 6) is -0.862. The Balaban J connectivity index is 1.28. The zero-order valence-electron chi connectivity index (χ0n) is 19.9. The molecule has 0 spiro atoms. The first-order chi connectivity index (χ1) is 17.5. The van der Waals surface area contributed by atoms with Crippen molar-refractivity contribution in [1.82, 2.24) is 20.1 Å². The summed E-state index contributed by atoms with van der Waals surface area (Å²) in [6.07, 6.45) is 4.95. The summed E-state index contributed by atoms with van der Waals surface area (Å²) in [6.45, 7) is 1.14. The molecule has 9 heteroatoms. The van der Waals surface area contributed by atoms with Crippen LogP contribution >= 0.6 is 0 Å². The summed E-state index contributed by atoms with van der Waals surface area (Å²) in [5.41, 5.74) is 2.71. The van der Waals surface area contributed by atoms with Gasteiger partial charge in [-0.2, -0.15) is 0 Å². The Morgan fingerprint density at radius 1 is 1.00 bits per heavy atom. The summed E-state index contributed by atoms with van der Waals surface area (Å²) < 4.78 is 5.40. The van der Waals surface area contributed by atoms with Gasteiger partial charge >= 0.3 is 6.09 Å². The number of carbonyl (C=O) groups is 3. The van der Waals surface area contributed by atoms with Crippen LogP contribution in [0.5, 0.6) is 0 Å². The molecule has 1 fully saturated rings. The second-order valence-electron chi connectivity index (χ2n) is 8.57. The lowest BCUT2D eigenvalue weighted by Gasteiger charge is -2.25. The van der Waals surface area contributed by atoms with Gasteiger partial charge in [0.25, 0.3) is 0 Å². The molecule has 2 heterocycles. The number of aromatic nitrogens is 1. The minimum absolute atomic E-state index is 0.184. The lowest BCUT2D eigenvalue weighted by Crippen LogP contribution is -2.51. The molecule has 1 aromatic heterocycles. The Labute approximate surface area is 209 Å². The van der Waals surface area contributed by atoms with E-state index in [9.17, 15) is 19.5 Å². The second-order valence-corrected chi connectivity index (χ2v) is 8.57. The van der Waals surface area contributed by atoms with E-state index in [1.54, 1.807) is 22.1 Å². The van der Waals surface area contributed by atoms with E-state index in [0.29, 0.717) is 26.1 Å². The van der Waals surface area contributed by atoms with E-state index in [-0.39, 0.29) is 19.1 Å². The number of nitrogens with one attached hydrogen (secondary N) is 2. The molecular formula is C27H30N4O5. The molecule has 9 nitrogen and oxygen atoms in total. The number of aliphatic hydroxyl groups excluding tert-OH is 1. The van der Waals surface area contributed by atoms with Crippen LogP contribution in [-0.4, -0.2) is 76.6 Å². The average Bonchev–Trinajstić information content (AvgIpc) is 3.16. The Bertz CT molecular complexity index is 1220. The van der Waals surface area contributed by atoms with Gasteiger partial charge in [-0.15, -0.1) is 0 Å². The molecule has 36 heavy (non-hydrogen) atoms. The largest absolute Gasteiger partial charge is 0.445 e. The zero-order chi connectivity index (χ0) is 25.3. The predicted molar refractivity (Wildman–Crippen MR) is 136 cm³/mol. The van der Waals surface area contributed by atoms with Gasteiger partial charge in [-0.05, 0) is 29.7 Å². The molecule has 1 aliphatic rings. The van der Waals surface area contributed by atoms with Gasteiger partial charge in [-0.1, -0.05) is 48.5 Å². The quantitative estimate of drug-likeness (QED) is 0.441. The van der Waals surface area contributed by atoms with Crippen LogP contribution in [0.4, 0.5) is 4.79 Å². The minimum atomic E-state index is -1.07. The number of rotatable bonds is 7. The fraction of sp³-hybridized carbons (Fsp3) is 0.296. The molecule has 0 saturated carbocycles. The second kappa shape index (κ2) is 12.0. The van der Waals surface area contributed by atoms with Gasteiger partial charge in [-0.3, -0.25) is 9.59 Å². The molecule has 188 valence electrons. The van der Waals surface area contributed by atoms with Crippen LogP contribution in [0.3, 0.4) is 0 Å². The summed E-state index contributed by atoms with van der Waals surface area (Å²) in [5, 5.41) is 13.3. The summed E-state index contributed by atoms with van der Waals surface area (Å²) in [6, 6.07) is 16.1. The predicted octanol–water partition coefficient (Wildman–Crippen LogP) is 2.53. The van der Waals surface area contributed by atoms with E-state index in [4.69, 9.17) is 4.74 Å². The Kier molecular flexibility index (Phi) is 8.36. The highest BCUT2D eigenvalue weighted by molar-refractivity contribution is 5.98. The van der Waals surface area contributed by atoms with Crippen molar-refractivity contribution in [3.63, 3.8) is 0 Å². The first-order valence-electron chi connectivity index (χ1n) is 11.9. The Morgan fingerprint density at radius 3 is 2.53 bits per heavy atom. The van der Waals surface area contributed by atoms with Crippen LogP contribution in [0.1, 0.15) is 17.5 Å². The molecule has 2 aromatic carbocycles. The van der Waals surface area contributed by atoms with Gasteiger partial charge in [0.1, 0.15) is 12.6 Å². The molecule has 3 amide bonds. The van der Waals surface area contributed by atoms with Gasteiger partial charge in [0.2, 0.25) is 11.8 Å². The first-order valence-corrected chi connectivity index (χ1v) is 11.9. The number of carbonyl (C=O) groups excluding carboxylic acids is 3. The van der Waals surface area contributed by atoms with Gasteiger partial charge in [-0.25, -0.2) is 4.79 Å². The number of hydrogen-bond donors (Lipinski definition) is 3. The number of fused-ring (bicyclic) bond motifs is 1. The standard InChI is InChI=1S/C27H30N4O5/c32-18-24(29-25(33)12-11-21-17-28-23-10-5-4-9-22(21)23)26(34)30-13-6-14-31(16-15-30)27(35)36-19-20-7-2-1-3-8-20/h1-5,7-12,17,24,28,32H,6,13-16,18-19H2,(H,29,33)/t24-/m0/s1. The van der Waals surface area contributed by atoms with Gasteiger partial charge < -0.3 is 29.9 Å². The van der Waals surface area contributed by atoms with Crippen molar-refractivity contribution in [3.8, 4) is 0 Å². The molecule has 1 aliphatic heterocycles. The van der Waals surface area contributed by atoms with Crippen LogP contribution in [-0.2, 0) is 20.9 Å². The summed E-state index contributed by atoms with van der Waals surface area (Å²) >= 11 is 0. The SMILES string of the molecule is O=C(C=Cc1c[nH]c2ccccc12)N[C@@H](CO)C(=O)N1CCCN(C(=O)OCc2ccccc2)CC1. The van der Waals surface area contributed by atoms with Crippen molar-refractivity contribution in [2.75, 3.05) is 32.8 Å². The Hall–Kier alpha value is -4.11. The maximum absolute atomic E-state index is 13.0. The molecule has 3 aromatic rings. The number of benzene rings is 2. The molecule has 0 bridgehead atoms. The van der Waals surface area contributed by atoms with Crippen LogP contribution in [0.2, 0.25) is 0 Å². The molecule has 1 saturated heterocycles. The number of aromatic amines is 1. The van der Waals surface area contributed by atoms with E-state index in [1.807, 2.05) is 54.6 Å². The fourth-order valence-corrected chi connectivity index (χ4v) is 4.15. The topological polar surface area (TPSA) is 115 Å². The van der Waals surface area contributed by atoms with Crippen LogP contribution in [0.25, 0.3) is 17.0 Å². The van der Waals surface area contributed by atoms with Gasteiger partial charge in [0, 0.05) is 49.4 Å². The third-order valence-electron chi connectivity index (χ3n) is 6.10.